The summed E-state index contributed by atoms with van der Waals surface area (Å²) in [5, 5.41) is 4.54. The third kappa shape index (κ3) is 8.92. The molecule has 6 aromatic rings. The van der Waals surface area contributed by atoms with E-state index >= 15 is 0 Å². The molecule has 4 aromatic carbocycles. The van der Waals surface area contributed by atoms with Crippen LogP contribution in [0.25, 0.3) is 34.0 Å². The molecule has 0 unspecified atom stereocenters. The van der Waals surface area contributed by atoms with Gasteiger partial charge in [0.15, 0.2) is 12.4 Å². The van der Waals surface area contributed by atoms with Crippen molar-refractivity contribution in [3.63, 3.8) is 0 Å². The summed E-state index contributed by atoms with van der Waals surface area (Å²) >= 11 is 3.26. The average Bonchev–Trinajstić information content (AvgIpc) is 3.84. The van der Waals surface area contributed by atoms with E-state index in [1.54, 1.807) is 44.3 Å². The van der Waals surface area contributed by atoms with E-state index in [1.807, 2.05) is 24.3 Å². The van der Waals surface area contributed by atoms with E-state index in [-0.39, 0.29) is 0 Å². The molecule has 0 radical (unpaired) electrons. The molecular weight excluding hydrogens is 901 g/mol. The van der Waals surface area contributed by atoms with Crippen LogP contribution in [0.5, 0.6) is 0 Å². The van der Waals surface area contributed by atoms with Gasteiger partial charge in [-0.3, -0.25) is 0 Å². The van der Waals surface area contributed by atoms with Crippen LogP contribution in [-0.2, 0) is 33.1 Å². The van der Waals surface area contributed by atoms with Gasteiger partial charge in [0.05, 0.1) is 42.0 Å². The first kappa shape index (κ1) is 45.1. The Morgan fingerprint density at radius 3 is 1.35 bits per heavy atom. The Labute approximate surface area is 398 Å². The number of hydrogen-bond acceptors (Lipinski definition) is 8. The Hall–Kier alpha value is -4.70. The Kier molecular flexibility index (Phi) is 13.1. The molecule has 0 N–H and O–H groups in total. The minimum atomic E-state index is -3.50. The standard InChI is InChI=1S/C52H58N6O4S4/c1-53-47-23-21-41(65(59,60)57-29-13-5-14-30-57)37-49(47)63-51(53)35-39-25-33-55(45-19-9-7-17-43(39)45)27-11-3-4-12-28-56-34-26-40(44-18-8-10-20-46(44)56)36-52-54(2)48-24-22-42(38-50(48)64-52)66(61,62)58-31-15-6-16-32-58/h7-10,17-26,33-38H,3-6,11-16,27-32H2,1-2H3/q+2. The average molecular weight is 959 g/mol. The molecule has 4 aliphatic rings. The van der Waals surface area contributed by atoms with Gasteiger partial charge < -0.3 is 9.80 Å². The number of aromatic nitrogens is 2. The molecule has 14 heteroatoms. The Bertz CT molecular complexity index is 2900. The van der Waals surface area contributed by atoms with E-state index in [0.717, 1.165) is 120 Å². The molecule has 0 amide bonds. The zero-order valence-corrected chi connectivity index (χ0v) is 41.1. The maximum atomic E-state index is 13.5. The summed E-state index contributed by atoms with van der Waals surface area (Å²) in [6.45, 7) is 4.28. The van der Waals surface area contributed by atoms with E-state index in [1.165, 1.54) is 21.8 Å². The van der Waals surface area contributed by atoms with Crippen molar-refractivity contribution in [3.8, 4) is 0 Å². The predicted octanol–water partition coefficient (Wildman–Crippen LogP) is 10.3. The number of piperidine rings is 2. The summed E-state index contributed by atoms with van der Waals surface area (Å²) in [5.41, 5.74) is 6.76. The highest BCUT2D eigenvalue weighted by Crippen LogP contribution is 2.48. The fourth-order valence-corrected chi connectivity index (χ4v) is 15.4. The predicted molar refractivity (Wildman–Crippen MR) is 269 cm³/mol. The van der Waals surface area contributed by atoms with Crippen LogP contribution >= 0.6 is 23.5 Å². The highest BCUT2D eigenvalue weighted by Gasteiger charge is 2.32. The zero-order chi connectivity index (χ0) is 45.4. The quantitative estimate of drug-likeness (QED) is 0.0836. The van der Waals surface area contributed by atoms with Crippen LogP contribution in [0.4, 0.5) is 11.4 Å². The molecule has 0 bridgehead atoms. The number of hydrogen-bond donors (Lipinski definition) is 0. The van der Waals surface area contributed by atoms with E-state index in [2.05, 4.69) is 118 Å². The molecule has 10 rings (SSSR count). The number of rotatable bonds is 13. The second kappa shape index (κ2) is 19.1. The number of anilines is 2. The number of aryl methyl sites for hydroxylation is 2. The van der Waals surface area contributed by atoms with Crippen molar-refractivity contribution in [2.45, 2.75) is 96.9 Å². The van der Waals surface area contributed by atoms with Crippen LogP contribution in [0, 0.1) is 0 Å². The summed E-state index contributed by atoms with van der Waals surface area (Å²) in [7, 11) is -2.89. The van der Waals surface area contributed by atoms with Crippen molar-refractivity contribution in [2.75, 3.05) is 50.1 Å². The number of sulfonamides is 2. The van der Waals surface area contributed by atoms with Gasteiger partial charge in [-0.15, -0.1) is 0 Å². The van der Waals surface area contributed by atoms with Gasteiger partial charge in [-0.05, 0) is 110 Å². The first-order valence-corrected chi connectivity index (χ1v) is 27.9. The maximum Gasteiger partial charge on any atom is 0.243 e. The van der Waals surface area contributed by atoms with Crippen LogP contribution in [0.3, 0.4) is 0 Å². The summed E-state index contributed by atoms with van der Waals surface area (Å²) in [6.07, 6.45) is 19.2. The van der Waals surface area contributed by atoms with Gasteiger partial charge in [0, 0.05) is 87.2 Å². The van der Waals surface area contributed by atoms with Gasteiger partial charge in [0.1, 0.15) is 13.1 Å². The van der Waals surface area contributed by atoms with Crippen LogP contribution in [0.2, 0.25) is 0 Å². The van der Waals surface area contributed by atoms with Gasteiger partial charge in [0.25, 0.3) is 0 Å². The van der Waals surface area contributed by atoms with E-state index in [0.29, 0.717) is 36.0 Å². The molecule has 0 saturated carbocycles. The lowest BCUT2D eigenvalue weighted by molar-refractivity contribution is -0.673. The normalized spacial score (nSPS) is 18.5. The van der Waals surface area contributed by atoms with Crippen molar-refractivity contribution in [3.05, 3.63) is 131 Å². The fourth-order valence-electron chi connectivity index (χ4n) is 9.83. The van der Waals surface area contributed by atoms with Crippen LogP contribution < -0.4 is 18.9 Å². The second-order valence-electron chi connectivity index (χ2n) is 17.9. The molecule has 6 heterocycles. The Morgan fingerprint density at radius 2 is 0.924 bits per heavy atom. The van der Waals surface area contributed by atoms with Gasteiger partial charge in [-0.1, -0.05) is 60.6 Å². The molecule has 2 fully saturated rings. The summed E-state index contributed by atoms with van der Waals surface area (Å²) in [6, 6.07) is 32.8. The number of thioether (sulfide) groups is 2. The molecule has 0 aliphatic carbocycles. The van der Waals surface area contributed by atoms with Crippen molar-refractivity contribution < 1.29 is 26.0 Å². The molecule has 2 aromatic heterocycles. The molecular formula is C52H58N6O4S4+2. The number of nitrogens with zero attached hydrogens (tertiary/aromatic N) is 6. The molecule has 0 spiro atoms. The Morgan fingerprint density at radius 1 is 0.515 bits per heavy atom. The van der Waals surface area contributed by atoms with Crippen LogP contribution in [0.1, 0.15) is 75.3 Å². The van der Waals surface area contributed by atoms with Gasteiger partial charge in [-0.25, -0.2) is 16.8 Å². The number of para-hydroxylation sites is 2. The smallest absolute Gasteiger partial charge is 0.243 e. The van der Waals surface area contributed by atoms with E-state index < -0.39 is 20.0 Å². The van der Waals surface area contributed by atoms with Crippen LogP contribution in [0.15, 0.2) is 139 Å². The molecule has 0 atom stereocenters. The largest absolute Gasteiger partial charge is 0.338 e. The van der Waals surface area contributed by atoms with E-state index in [4.69, 9.17) is 0 Å². The van der Waals surface area contributed by atoms with E-state index in [9.17, 15) is 16.8 Å². The van der Waals surface area contributed by atoms with Gasteiger partial charge >= 0.3 is 0 Å². The lowest BCUT2D eigenvalue weighted by Crippen LogP contribution is -2.35. The van der Waals surface area contributed by atoms with Crippen molar-refractivity contribution >= 4 is 88.9 Å². The maximum absolute atomic E-state index is 13.5. The molecule has 10 nitrogen and oxygen atoms in total. The molecule has 342 valence electrons. The molecule has 4 aliphatic heterocycles. The van der Waals surface area contributed by atoms with Crippen molar-refractivity contribution in [1.82, 2.24) is 8.61 Å². The molecule has 2 saturated heterocycles. The third-order valence-electron chi connectivity index (χ3n) is 13.6. The third-order valence-corrected chi connectivity index (χ3v) is 19.7. The summed E-state index contributed by atoms with van der Waals surface area (Å²) in [5.74, 6) is 0. The Balaban J connectivity index is 0.763. The van der Waals surface area contributed by atoms with Crippen molar-refractivity contribution in [2.24, 2.45) is 0 Å². The fraction of sp³-hybridized carbons (Fsp3) is 0.346. The lowest BCUT2D eigenvalue weighted by Gasteiger charge is -2.26. The minimum Gasteiger partial charge on any atom is -0.338 e. The lowest BCUT2D eigenvalue weighted by atomic mass is 10.1. The summed E-state index contributed by atoms with van der Waals surface area (Å²) < 4.78 is 61.9. The van der Waals surface area contributed by atoms with Crippen molar-refractivity contribution in [1.29, 1.82) is 0 Å². The number of fused-ring (bicyclic) bond motifs is 4. The number of benzene rings is 4. The zero-order valence-electron chi connectivity index (χ0n) is 37.8. The van der Waals surface area contributed by atoms with Crippen LogP contribution in [-0.4, -0.2) is 65.7 Å². The highest BCUT2D eigenvalue weighted by atomic mass is 32.2. The monoisotopic (exact) mass is 958 g/mol. The summed E-state index contributed by atoms with van der Waals surface area (Å²) in [4.78, 5) is 7.03. The SMILES string of the molecule is CN1C(=Cc2cc[n+](CCCCCC[n+]3ccc(C=C4Sc5cc(S(=O)(=O)N6CCCCC6)ccc5N4C)c4ccccc43)c3ccccc23)Sc2cc(S(=O)(=O)N3CCCCC3)ccc21. The first-order valence-electron chi connectivity index (χ1n) is 23.4. The number of unbranched alkanes of at least 4 members (excludes halogenated alkanes) is 3. The van der Waals surface area contributed by atoms with Gasteiger partial charge in [0.2, 0.25) is 31.1 Å². The highest BCUT2D eigenvalue weighted by molar-refractivity contribution is 8.04. The minimum absolute atomic E-state index is 0.382. The molecule has 66 heavy (non-hydrogen) atoms. The van der Waals surface area contributed by atoms with Gasteiger partial charge in [-0.2, -0.15) is 17.7 Å². The second-order valence-corrected chi connectivity index (χ2v) is 23.9. The number of pyridine rings is 2. The topological polar surface area (TPSA) is 89.0 Å². The first-order chi connectivity index (χ1) is 32.1.